The zero-order valence-corrected chi connectivity index (χ0v) is 19.2. The van der Waals surface area contributed by atoms with Crippen molar-refractivity contribution < 1.29 is 4.79 Å². The maximum atomic E-state index is 13.1. The van der Waals surface area contributed by atoms with Gasteiger partial charge >= 0.3 is 0 Å². The number of thiophene rings is 2. The Balaban J connectivity index is 1.37. The van der Waals surface area contributed by atoms with E-state index in [-0.39, 0.29) is 11.9 Å². The second-order valence-electron chi connectivity index (χ2n) is 7.78. The van der Waals surface area contributed by atoms with Crippen molar-refractivity contribution in [3.63, 3.8) is 0 Å². The number of nitrogens with one attached hydrogen (secondary N) is 1. The summed E-state index contributed by atoms with van der Waals surface area (Å²) in [5, 5.41) is 12.1. The molecule has 1 aliphatic heterocycles. The molecule has 0 saturated carbocycles. The van der Waals surface area contributed by atoms with Crippen LogP contribution in [-0.4, -0.2) is 33.7 Å². The summed E-state index contributed by atoms with van der Waals surface area (Å²) in [5.41, 5.74) is 4.89. The summed E-state index contributed by atoms with van der Waals surface area (Å²) in [4.78, 5) is 18.1. The van der Waals surface area contributed by atoms with E-state index in [1.54, 1.807) is 11.3 Å². The Hall–Kier alpha value is -2.74. The Kier molecular flexibility index (Phi) is 5.48. The molecule has 7 heteroatoms. The minimum Gasteiger partial charge on any atom is -0.322 e. The quantitative estimate of drug-likeness (QED) is 0.457. The Labute approximate surface area is 190 Å². The third-order valence-corrected chi connectivity index (χ3v) is 7.70. The molecule has 0 saturated heterocycles. The van der Waals surface area contributed by atoms with Gasteiger partial charge in [-0.1, -0.05) is 24.3 Å². The maximum absolute atomic E-state index is 13.1. The fourth-order valence-electron chi connectivity index (χ4n) is 4.33. The molecular formula is C24H24N4OS2. The molecule has 1 unspecified atom stereocenters. The molecule has 1 atom stereocenters. The van der Waals surface area contributed by atoms with Crippen molar-refractivity contribution in [1.82, 2.24) is 14.7 Å². The number of hydrogen-bond acceptors (Lipinski definition) is 5. The topological polar surface area (TPSA) is 50.2 Å². The van der Waals surface area contributed by atoms with Gasteiger partial charge in [0.1, 0.15) is 0 Å². The largest absolute Gasteiger partial charge is 0.322 e. The second kappa shape index (κ2) is 8.42. The van der Waals surface area contributed by atoms with E-state index in [0.29, 0.717) is 6.54 Å². The number of aryl methyl sites for hydroxylation is 1. The Morgan fingerprint density at radius 3 is 2.71 bits per heavy atom. The molecule has 1 aliphatic rings. The van der Waals surface area contributed by atoms with E-state index in [4.69, 9.17) is 0 Å². The molecule has 1 amide bonds. The van der Waals surface area contributed by atoms with Crippen LogP contribution in [0.1, 0.15) is 32.7 Å². The van der Waals surface area contributed by atoms with Crippen LogP contribution >= 0.6 is 22.7 Å². The zero-order chi connectivity index (χ0) is 21.4. The van der Waals surface area contributed by atoms with Gasteiger partial charge in [-0.3, -0.25) is 9.69 Å². The van der Waals surface area contributed by atoms with Gasteiger partial charge in [0.05, 0.1) is 35.3 Å². The highest BCUT2D eigenvalue weighted by Crippen LogP contribution is 2.39. The predicted octanol–water partition coefficient (Wildman–Crippen LogP) is 5.20. The van der Waals surface area contributed by atoms with Crippen molar-refractivity contribution in [2.45, 2.75) is 26.3 Å². The first-order chi connectivity index (χ1) is 15.1. The van der Waals surface area contributed by atoms with E-state index in [2.05, 4.69) is 44.3 Å². The molecule has 0 spiro atoms. The molecule has 4 aromatic rings. The number of benzene rings is 1. The van der Waals surface area contributed by atoms with Crippen LogP contribution in [-0.2, 0) is 11.2 Å². The number of rotatable bonds is 5. The van der Waals surface area contributed by atoms with Crippen LogP contribution in [0.15, 0.2) is 59.3 Å². The number of carbonyl (C=O) groups is 1. The average Bonchev–Trinajstić information content (AvgIpc) is 3.52. The first-order valence-electron chi connectivity index (χ1n) is 10.4. The minimum absolute atomic E-state index is 0.000882. The van der Waals surface area contributed by atoms with Crippen LogP contribution in [0.3, 0.4) is 0 Å². The summed E-state index contributed by atoms with van der Waals surface area (Å²) in [6, 6.07) is 16.6. The fourth-order valence-corrected chi connectivity index (χ4v) is 6.11. The lowest BCUT2D eigenvalue weighted by molar-refractivity contribution is -0.117. The molecule has 31 heavy (non-hydrogen) atoms. The van der Waals surface area contributed by atoms with Crippen molar-refractivity contribution in [3.05, 3.63) is 86.0 Å². The fraction of sp³-hybridized carbons (Fsp3) is 0.250. The van der Waals surface area contributed by atoms with E-state index < -0.39 is 0 Å². The van der Waals surface area contributed by atoms with Crippen molar-refractivity contribution >= 4 is 34.3 Å². The average molecular weight is 449 g/mol. The number of amides is 1. The van der Waals surface area contributed by atoms with Crippen LogP contribution in [0.5, 0.6) is 0 Å². The van der Waals surface area contributed by atoms with E-state index >= 15 is 0 Å². The molecule has 5 nitrogen and oxygen atoms in total. The van der Waals surface area contributed by atoms with Gasteiger partial charge in [-0.15, -0.1) is 22.7 Å². The molecule has 0 aliphatic carbocycles. The SMILES string of the molecule is Cc1nn(-c2ccccc2)c(C)c1NC(=O)CN1CCc2sccc2C1c1cccs1. The van der Waals surface area contributed by atoms with Crippen molar-refractivity contribution in [2.24, 2.45) is 0 Å². The molecule has 0 radical (unpaired) electrons. The van der Waals surface area contributed by atoms with Gasteiger partial charge in [0.2, 0.25) is 5.91 Å². The first kappa shape index (κ1) is 20.2. The molecule has 0 fully saturated rings. The molecule has 5 rings (SSSR count). The standard InChI is InChI=1S/C24H24N4OS2/c1-16-23(17(2)28(26-16)18-7-4-3-5-8-18)25-22(29)15-27-12-10-20-19(11-14-31-20)24(27)21-9-6-13-30-21/h3-9,11,13-14,24H,10,12,15H2,1-2H3,(H,25,29). The summed E-state index contributed by atoms with van der Waals surface area (Å²) in [7, 11) is 0. The lowest BCUT2D eigenvalue weighted by atomic mass is 9.98. The Morgan fingerprint density at radius 2 is 1.94 bits per heavy atom. The lowest BCUT2D eigenvalue weighted by Gasteiger charge is -2.34. The van der Waals surface area contributed by atoms with Crippen LogP contribution in [0.25, 0.3) is 5.69 Å². The van der Waals surface area contributed by atoms with E-state index in [0.717, 1.165) is 35.7 Å². The van der Waals surface area contributed by atoms with E-state index in [9.17, 15) is 4.79 Å². The first-order valence-corrected chi connectivity index (χ1v) is 12.1. The lowest BCUT2D eigenvalue weighted by Crippen LogP contribution is -2.40. The van der Waals surface area contributed by atoms with Crippen LogP contribution in [0, 0.1) is 13.8 Å². The number of aromatic nitrogens is 2. The van der Waals surface area contributed by atoms with Gasteiger partial charge < -0.3 is 5.32 Å². The van der Waals surface area contributed by atoms with Crippen LogP contribution in [0.2, 0.25) is 0 Å². The smallest absolute Gasteiger partial charge is 0.238 e. The van der Waals surface area contributed by atoms with E-state index in [1.165, 1.54) is 15.3 Å². The molecule has 158 valence electrons. The predicted molar refractivity (Wildman–Crippen MR) is 127 cm³/mol. The van der Waals surface area contributed by atoms with Crippen LogP contribution in [0.4, 0.5) is 5.69 Å². The van der Waals surface area contributed by atoms with Crippen LogP contribution < -0.4 is 5.32 Å². The number of hydrogen-bond donors (Lipinski definition) is 1. The van der Waals surface area contributed by atoms with Gasteiger partial charge in [0, 0.05) is 16.3 Å². The highest BCUT2D eigenvalue weighted by atomic mass is 32.1. The number of nitrogens with zero attached hydrogens (tertiary/aromatic N) is 3. The number of carbonyl (C=O) groups excluding carboxylic acids is 1. The number of fused-ring (bicyclic) bond motifs is 1. The van der Waals surface area contributed by atoms with Gasteiger partial charge in [-0.25, -0.2) is 4.68 Å². The summed E-state index contributed by atoms with van der Waals surface area (Å²) in [6.07, 6.45) is 0.992. The van der Waals surface area contributed by atoms with E-state index in [1.807, 2.05) is 60.2 Å². The molecule has 4 heterocycles. The van der Waals surface area contributed by atoms with Gasteiger partial charge in [-0.2, -0.15) is 5.10 Å². The third kappa shape index (κ3) is 3.84. The third-order valence-electron chi connectivity index (χ3n) is 5.78. The van der Waals surface area contributed by atoms with Gasteiger partial charge in [0.25, 0.3) is 0 Å². The second-order valence-corrected chi connectivity index (χ2v) is 9.76. The van der Waals surface area contributed by atoms with Crippen molar-refractivity contribution in [2.75, 3.05) is 18.4 Å². The molecule has 1 N–H and O–H groups in total. The summed E-state index contributed by atoms with van der Waals surface area (Å²) in [6.45, 7) is 5.17. The van der Waals surface area contributed by atoms with Crippen molar-refractivity contribution in [1.29, 1.82) is 0 Å². The number of para-hydroxylation sites is 1. The minimum atomic E-state index is -0.000882. The van der Waals surface area contributed by atoms with Crippen molar-refractivity contribution in [3.8, 4) is 5.69 Å². The van der Waals surface area contributed by atoms with Gasteiger partial charge in [0.15, 0.2) is 0 Å². The highest BCUT2D eigenvalue weighted by molar-refractivity contribution is 7.10. The Morgan fingerprint density at radius 1 is 1.10 bits per heavy atom. The summed E-state index contributed by atoms with van der Waals surface area (Å²) >= 11 is 3.58. The highest BCUT2D eigenvalue weighted by Gasteiger charge is 2.31. The number of anilines is 1. The summed E-state index contributed by atoms with van der Waals surface area (Å²) < 4.78 is 1.89. The Bertz CT molecular complexity index is 1190. The zero-order valence-electron chi connectivity index (χ0n) is 17.5. The maximum Gasteiger partial charge on any atom is 0.238 e. The normalized spacial score (nSPS) is 16.3. The summed E-state index contributed by atoms with van der Waals surface area (Å²) in [5.74, 6) is -0.000882. The molecular weight excluding hydrogens is 424 g/mol. The molecule has 3 aromatic heterocycles. The van der Waals surface area contributed by atoms with Gasteiger partial charge in [-0.05, 0) is 60.9 Å². The molecule has 0 bridgehead atoms. The monoisotopic (exact) mass is 448 g/mol. The molecule has 1 aromatic carbocycles.